The number of carbonyl (C=O) groups excluding carboxylic acids is 1. The number of morpholine rings is 1. The van der Waals surface area contributed by atoms with Crippen LogP contribution in [0.4, 0.5) is 5.69 Å². The molecule has 6 heteroatoms. The van der Waals surface area contributed by atoms with E-state index in [4.69, 9.17) is 26.8 Å². The molecule has 0 bridgehead atoms. The molecule has 1 aliphatic rings. The van der Waals surface area contributed by atoms with Crippen LogP contribution in [-0.2, 0) is 9.47 Å². The molecule has 1 heterocycles. The maximum atomic E-state index is 11.9. The van der Waals surface area contributed by atoms with E-state index in [1.54, 1.807) is 12.1 Å². The lowest BCUT2D eigenvalue weighted by Gasteiger charge is -2.29. The molecule has 0 aromatic heterocycles. The molecule has 0 saturated carbocycles. The van der Waals surface area contributed by atoms with E-state index >= 15 is 0 Å². The minimum absolute atomic E-state index is 0.0949. The Labute approximate surface area is 117 Å². The molecule has 1 saturated heterocycles. The van der Waals surface area contributed by atoms with Crippen molar-refractivity contribution < 1.29 is 14.3 Å². The van der Waals surface area contributed by atoms with Gasteiger partial charge < -0.3 is 20.1 Å². The fourth-order valence-corrected chi connectivity index (χ4v) is 2.11. The monoisotopic (exact) mass is 284 g/mol. The SMILES string of the molecule is CN1CCOC(COC(=O)c2cc(N)ccc2Cl)C1. The molecule has 0 aliphatic carbocycles. The molecule has 0 radical (unpaired) electrons. The van der Waals surface area contributed by atoms with Gasteiger partial charge in [-0.2, -0.15) is 0 Å². The highest BCUT2D eigenvalue weighted by molar-refractivity contribution is 6.33. The van der Waals surface area contributed by atoms with Gasteiger partial charge in [-0.25, -0.2) is 4.79 Å². The summed E-state index contributed by atoms with van der Waals surface area (Å²) >= 11 is 5.94. The predicted molar refractivity (Wildman–Crippen MR) is 73.4 cm³/mol. The number of ether oxygens (including phenoxy) is 2. The van der Waals surface area contributed by atoms with Crippen LogP contribution in [0.25, 0.3) is 0 Å². The molecule has 1 aromatic carbocycles. The Hall–Kier alpha value is -1.30. The molecule has 1 unspecified atom stereocenters. The molecule has 2 rings (SSSR count). The van der Waals surface area contributed by atoms with E-state index in [-0.39, 0.29) is 18.3 Å². The van der Waals surface area contributed by atoms with E-state index in [9.17, 15) is 4.79 Å². The van der Waals surface area contributed by atoms with Gasteiger partial charge in [-0.15, -0.1) is 0 Å². The summed E-state index contributed by atoms with van der Waals surface area (Å²) in [6.45, 7) is 2.51. The first kappa shape index (κ1) is 14.1. The van der Waals surface area contributed by atoms with Crippen molar-refractivity contribution in [2.45, 2.75) is 6.10 Å². The van der Waals surface area contributed by atoms with Gasteiger partial charge in [0.25, 0.3) is 0 Å². The second-order valence-corrected chi connectivity index (χ2v) is 5.00. The Morgan fingerprint density at radius 3 is 3.16 bits per heavy atom. The number of rotatable bonds is 3. The lowest BCUT2D eigenvalue weighted by Crippen LogP contribution is -2.42. The lowest BCUT2D eigenvalue weighted by molar-refractivity contribution is -0.0528. The van der Waals surface area contributed by atoms with Crippen molar-refractivity contribution >= 4 is 23.3 Å². The van der Waals surface area contributed by atoms with Crippen LogP contribution in [0.2, 0.25) is 5.02 Å². The standard InChI is InChI=1S/C13H17ClN2O3/c1-16-4-5-18-10(7-16)8-19-13(17)11-6-9(15)2-3-12(11)14/h2-3,6,10H,4-5,7-8,15H2,1H3. The zero-order valence-corrected chi connectivity index (χ0v) is 11.5. The van der Waals surface area contributed by atoms with Gasteiger partial charge in [0.2, 0.25) is 0 Å². The third kappa shape index (κ3) is 3.83. The number of anilines is 1. The Morgan fingerprint density at radius 2 is 2.42 bits per heavy atom. The molecule has 1 fully saturated rings. The van der Waals surface area contributed by atoms with E-state index in [0.29, 0.717) is 17.3 Å². The fourth-order valence-electron chi connectivity index (χ4n) is 1.91. The highest BCUT2D eigenvalue weighted by Gasteiger charge is 2.20. The second-order valence-electron chi connectivity index (χ2n) is 4.59. The number of carbonyl (C=O) groups is 1. The first-order chi connectivity index (χ1) is 9.06. The molecule has 5 nitrogen and oxygen atoms in total. The number of hydrogen-bond donors (Lipinski definition) is 1. The highest BCUT2D eigenvalue weighted by atomic mass is 35.5. The molecule has 1 atom stereocenters. The highest BCUT2D eigenvalue weighted by Crippen LogP contribution is 2.20. The topological polar surface area (TPSA) is 64.8 Å². The van der Waals surface area contributed by atoms with Gasteiger partial charge in [-0.3, -0.25) is 0 Å². The average Bonchev–Trinajstić information content (AvgIpc) is 2.39. The zero-order valence-electron chi connectivity index (χ0n) is 10.8. The number of likely N-dealkylation sites (N-methyl/N-ethyl adjacent to an activating group) is 1. The lowest BCUT2D eigenvalue weighted by atomic mass is 10.2. The van der Waals surface area contributed by atoms with Crippen LogP contribution in [0.3, 0.4) is 0 Å². The summed E-state index contributed by atoms with van der Waals surface area (Å²) < 4.78 is 10.7. The first-order valence-corrected chi connectivity index (χ1v) is 6.46. The van der Waals surface area contributed by atoms with Crippen molar-refractivity contribution in [3.8, 4) is 0 Å². The second kappa shape index (κ2) is 6.23. The number of benzene rings is 1. The van der Waals surface area contributed by atoms with Crippen LogP contribution in [0.5, 0.6) is 0 Å². The summed E-state index contributed by atoms with van der Waals surface area (Å²) in [5, 5.41) is 0.334. The molecular weight excluding hydrogens is 268 g/mol. The number of halogens is 1. The molecule has 0 amide bonds. The molecular formula is C13H17ClN2O3. The number of hydrogen-bond acceptors (Lipinski definition) is 5. The minimum atomic E-state index is -0.478. The molecule has 19 heavy (non-hydrogen) atoms. The first-order valence-electron chi connectivity index (χ1n) is 6.08. The largest absolute Gasteiger partial charge is 0.459 e. The number of esters is 1. The summed E-state index contributed by atoms with van der Waals surface area (Å²) in [5.74, 6) is -0.478. The van der Waals surface area contributed by atoms with Crippen LogP contribution >= 0.6 is 11.6 Å². The normalized spacial score (nSPS) is 20.2. The third-order valence-electron chi connectivity index (χ3n) is 2.95. The average molecular weight is 285 g/mol. The summed E-state index contributed by atoms with van der Waals surface area (Å²) in [6, 6.07) is 4.73. The van der Waals surface area contributed by atoms with E-state index < -0.39 is 5.97 Å². The van der Waals surface area contributed by atoms with Gasteiger partial charge in [0.05, 0.1) is 17.2 Å². The van der Waals surface area contributed by atoms with Gasteiger partial charge >= 0.3 is 5.97 Å². The Bertz CT molecular complexity index is 467. The van der Waals surface area contributed by atoms with Crippen molar-refractivity contribution in [3.05, 3.63) is 28.8 Å². The number of nitrogens with zero attached hydrogens (tertiary/aromatic N) is 1. The van der Waals surface area contributed by atoms with Crippen LogP contribution in [0.15, 0.2) is 18.2 Å². The van der Waals surface area contributed by atoms with Gasteiger partial charge in [-0.1, -0.05) is 11.6 Å². The number of nitrogen functional groups attached to an aromatic ring is 1. The van der Waals surface area contributed by atoms with Gasteiger partial charge in [0, 0.05) is 18.8 Å². The maximum absolute atomic E-state index is 11.9. The summed E-state index contributed by atoms with van der Waals surface area (Å²) in [7, 11) is 2.01. The van der Waals surface area contributed by atoms with Gasteiger partial charge in [0.15, 0.2) is 0 Å². The smallest absolute Gasteiger partial charge is 0.339 e. The van der Waals surface area contributed by atoms with Crippen LogP contribution < -0.4 is 5.73 Å². The Morgan fingerprint density at radius 1 is 1.63 bits per heavy atom. The fraction of sp³-hybridized carbons (Fsp3) is 0.462. The molecule has 104 valence electrons. The van der Waals surface area contributed by atoms with Crippen molar-refractivity contribution in [3.63, 3.8) is 0 Å². The zero-order chi connectivity index (χ0) is 13.8. The summed E-state index contributed by atoms with van der Waals surface area (Å²) in [6.07, 6.45) is -0.0949. The third-order valence-corrected chi connectivity index (χ3v) is 3.28. The van der Waals surface area contributed by atoms with Crippen molar-refractivity contribution in [1.82, 2.24) is 4.90 Å². The van der Waals surface area contributed by atoms with Crippen LogP contribution in [0, 0.1) is 0 Å². The quantitative estimate of drug-likeness (QED) is 0.672. The maximum Gasteiger partial charge on any atom is 0.339 e. The van der Waals surface area contributed by atoms with Crippen molar-refractivity contribution in [2.24, 2.45) is 0 Å². The summed E-state index contributed by atoms with van der Waals surface area (Å²) in [5.41, 5.74) is 6.38. The van der Waals surface area contributed by atoms with Crippen LogP contribution in [-0.4, -0.2) is 50.3 Å². The number of nitrogens with two attached hydrogens (primary N) is 1. The van der Waals surface area contributed by atoms with Crippen molar-refractivity contribution in [2.75, 3.05) is 39.1 Å². The van der Waals surface area contributed by atoms with Gasteiger partial charge in [-0.05, 0) is 25.2 Å². The van der Waals surface area contributed by atoms with Crippen molar-refractivity contribution in [1.29, 1.82) is 0 Å². The van der Waals surface area contributed by atoms with E-state index in [1.165, 1.54) is 6.07 Å². The Kier molecular flexibility index (Phi) is 4.63. The summed E-state index contributed by atoms with van der Waals surface area (Å²) in [4.78, 5) is 14.0. The van der Waals surface area contributed by atoms with E-state index in [2.05, 4.69) is 4.90 Å². The van der Waals surface area contributed by atoms with E-state index in [1.807, 2.05) is 7.05 Å². The van der Waals surface area contributed by atoms with Gasteiger partial charge in [0.1, 0.15) is 12.7 Å². The van der Waals surface area contributed by atoms with Crippen LogP contribution in [0.1, 0.15) is 10.4 Å². The molecule has 0 spiro atoms. The molecule has 1 aliphatic heterocycles. The predicted octanol–water partition coefficient (Wildman–Crippen LogP) is 1.41. The van der Waals surface area contributed by atoms with E-state index in [0.717, 1.165) is 13.1 Å². The molecule has 1 aromatic rings. The molecule has 2 N–H and O–H groups in total. The Balaban J connectivity index is 1.92. The minimum Gasteiger partial charge on any atom is -0.459 e.